The summed E-state index contributed by atoms with van der Waals surface area (Å²) in [5, 5.41) is 4.56. The van der Waals surface area contributed by atoms with E-state index >= 15 is 0 Å². The Balaban J connectivity index is 2.10. The topological polar surface area (TPSA) is 24.9 Å². The number of anilines is 1. The van der Waals surface area contributed by atoms with Crippen molar-refractivity contribution in [1.29, 1.82) is 0 Å². The minimum absolute atomic E-state index is 0.832. The molecule has 0 spiro atoms. The lowest BCUT2D eigenvalue weighted by Gasteiger charge is -2.08. The van der Waals surface area contributed by atoms with Crippen LogP contribution in [0.25, 0.3) is 0 Å². The summed E-state index contributed by atoms with van der Waals surface area (Å²) in [6.45, 7) is 7.03. The number of hydrogen-bond donors (Lipinski definition) is 1. The highest BCUT2D eigenvalue weighted by atomic mass is 79.9. The van der Waals surface area contributed by atoms with Crippen LogP contribution in [0.5, 0.6) is 0 Å². The average molecular weight is 311 g/mol. The van der Waals surface area contributed by atoms with E-state index in [1.165, 1.54) is 10.4 Å². The highest BCUT2D eigenvalue weighted by Crippen LogP contribution is 2.25. The van der Waals surface area contributed by atoms with Gasteiger partial charge in [-0.2, -0.15) is 0 Å². The first-order chi connectivity index (χ1) is 8.06. The largest absolute Gasteiger partial charge is 0.379 e. The summed E-state index contributed by atoms with van der Waals surface area (Å²) in [6.07, 6.45) is 0. The summed E-state index contributed by atoms with van der Waals surface area (Å²) in [6, 6.07) is 6.33. The van der Waals surface area contributed by atoms with Gasteiger partial charge in [0, 0.05) is 15.0 Å². The summed E-state index contributed by atoms with van der Waals surface area (Å²) in [4.78, 5) is 5.73. The number of nitrogens with one attached hydrogen (secondary N) is 1. The first-order valence-electron chi connectivity index (χ1n) is 5.49. The smallest absolute Gasteiger partial charge is 0.0900 e. The van der Waals surface area contributed by atoms with E-state index in [0.717, 1.165) is 27.4 Å². The first kappa shape index (κ1) is 12.6. The second kappa shape index (κ2) is 5.19. The molecule has 0 bridgehead atoms. The Labute approximate surface area is 114 Å². The molecular formula is C13H15BrN2S. The standard InChI is InChI=1S/C13H15BrN2S/c1-8-4-5-12(11(14)6-8)15-7-13-9(2)16-10(3)17-13/h4-6,15H,7H2,1-3H3. The third-order valence-electron chi connectivity index (χ3n) is 2.56. The predicted molar refractivity (Wildman–Crippen MR) is 77.8 cm³/mol. The van der Waals surface area contributed by atoms with Gasteiger partial charge in [0.05, 0.1) is 17.2 Å². The minimum atomic E-state index is 0.832. The molecule has 0 atom stereocenters. The number of hydrogen-bond acceptors (Lipinski definition) is 3. The van der Waals surface area contributed by atoms with Gasteiger partial charge in [-0.1, -0.05) is 6.07 Å². The molecule has 0 aliphatic heterocycles. The fraction of sp³-hybridized carbons (Fsp3) is 0.308. The number of rotatable bonds is 3. The van der Waals surface area contributed by atoms with Gasteiger partial charge >= 0.3 is 0 Å². The van der Waals surface area contributed by atoms with E-state index < -0.39 is 0 Å². The highest BCUT2D eigenvalue weighted by molar-refractivity contribution is 9.10. The quantitative estimate of drug-likeness (QED) is 0.906. The third-order valence-corrected chi connectivity index (χ3v) is 4.29. The number of thiazole rings is 1. The molecule has 1 aromatic heterocycles. The molecule has 17 heavy (non-hydrogen) atoms. The van der Waals surface area contributed by atoms with Gasteiger partial charge in [0.25, 0.3) is 0 Å². The number of halogens is 1. The van der Waals surface area contributed by atoms with E-state index in [0.29, 0.717) is 0 Å². The summed E-state index contributed by atoms with van der Waals surface area (Å²) in [7, 11) is 0. The molecule has 0 saturated carbocycles. The second-order valence-electron chi connectivity index (χ2n) is 4.08. The Morgan fingerprint density at radius 1 is 1.29 bits per heavy atom. The molecule has 4 heteroatoms. The van der Waals surface area contributed by atoms with Crippen molar-refractivity contribution in [1.82, 2.24) is 4.98 Å². The summed E-state index contributed by atoms with van der Waals surface area (Å²) in [5.74, 6) is 0. The average Bonchev–Trinajstić information content (AvgIpc) is 2.56. The molecule has 0 aliphatic carbocycles. The van der Waals surface area contributed by atoms with Crippen LogP contribution in [0.15, 0.2) is 22.7 Å². The van der Waals surface area contributed by atoms with Crippen molar-refractivity contribution in [2.45, 2.75) is 27.3 Å². The summed E-state index contributed by atoms with van der Waals surface area (Å²) >= 11 is 5.32. The van der Waals surface area contributed by atoms with Crippen molar-refractivity contribution < 1.29 is 0 Å². The predicted octanol–water partition coefficient (Wildman–Crippen LogP) is 4.44. The van der Waals surface area contributed by atoms with Crippen LogP contribution in [0.2, 0.25) is 0 Å². The summed E-state index contributed by atoms with van der Waals surface area (Å²) < 4.78 is 1.11. The molecule has 1 aromatic carbocycles. The second-order valence-corrected chi connectivity index (χ2v) is 6.22. The maximum atomic E-state index is 4.43. The van der Waals surface area contributed by atoms with Crippen LogP contribution in [0.4, 0.5) is 5.69 Å². The van der Waals surface area contributed by atoms with Gasteiger partial charge in [-0.25, -0.2) is 4.98 Å². The van der Waals surface area contributed by atoms with Gasteiger partial charge in [0.2, 0.25) is 0 Å². The zero-order valence-electron chi connectivity index (χ0n) is 10.2. The van der Waals surface area contributed by atoms with Gasteiger partial charge in [-0.15, -0.1) is 11.3 Å². The molecule has 2 rings (SSSR count). The zero-order valence-corrected chi connectivity index (χ0v) is 12.6. The van der Waals surface area contributed by atoms with Crippen molar-refractivity contribution in [2.24, 2.45) is 0 Å². The molecule has 0 fully saturated rings. The van der Waals surface area contributed by atoms with Crippen LogP contribution in [0, 0.1) is 20.8 Å². The molecule has 0 unspecified atom stereocenters. The van der Waals surface area contributed by atoms with Crippen molar-refractivity contribution in [3.05, 3.63) is 43.8 Å². The number of aromatic nitrogens is 1. The monoisotopic (exact) mass is 310 g/mol. The van der Waals surface area contributed by atoms with Crippen LogP contribution in [0.3, 0.4) is 0 Å². The fourth-order valence-electron chi connectivity index (χ4n) is 1.68. The molecule has 0 amide bonds. The van der Waals surface area contributed by atoms with Crippen molar-refractivity contribution in [3.8, 4) is 0 Å². The molecule has 1 heterocycles. The lowest BCUT2D eigenvalue weighted by molar-refractivity contribution is 1.10. The van der Waals surface area contributed by atoms with Crippen LogP contribution >= 0.6 is 27.3 Å². The van der Waals surface area contributed by atoms with Gasteiger partial charge in [-0.3, -0.25) is 0 Å². The van der Waals surface area contributed by atoms with Crippen molar-refractivity contribution in [3.63, 3.8) is 0 Å². The number of aryl methyl sites for hydroxylation is 3. The SMILES string of the molecule is Cc1ccc(NCc2sc(C)nc2C)c(Br)c1. The van der Waals surface area contributed by atoms with E-state index in [1.54, 1.807) is 11.3 Å². The molecule has 0 aliphatic rings. The fourth-order valence-corrected chi connectivity index (χ4v) is 3.19. The molecule has 1 N–H and O–H groups in total. The van der Waals surface area contributed by atoms with Gasteiger partial charge in [-0.05, 0) is 54.4 Å². The first-order valence-corrected chi connectivity index (χ1v) is 7.10. The van der Waals surface area contributed by atoms with E-state index in [4.69, 9.17) is 0 Å². The maximum Gasteiger partial charge on any atom is 0.0900 e. The summed E-state index contributed by atoms with van der Waals surface area (Å²) in [5.41, 5.74) is 3.51. The maximum absolute atomic E-state index is 4.43. The third kappa shape index (κ3) is 3.07. The van der Waals surface area contributed by atoms with E-state index in [1.807, 2.05) is 6.92 Å². The molecule has 2 nitrogen and oxygen atoms in total. The van der Waals surface area contributed by atoms with Crippen LogP contribution in [-0.4, -0.2) is 4.98 Å². The molecular weight excluding hydrogens is 296 g/mol. The Hall–Kier alpha value is -0.870. The lowest BCUT2D eigenvalue weighted by Crippen LogP contribution is -1.99. The molecule has 0 radical (unpaired) electrons. The van der Waals surface area contributed by atoms with E-state index in [2.05, 4.69) is 58.3 Å². The molecule has 90 valence electrons. The Bertz CT molecular complexity index is 534. The number of benzene rings is 1. The minimum Gasteiger partial charge on any atom is -0.379 e. The molecule has 0 saturated heterocycles. The normalized spacial score (nSPS) is 10.6. The van der Waals surface area contributed by atoms with E-state index in [-0.39, 0.29) is 0 Å². The Morgan fingerprint density at radius 3 is 2.65 bits per heavy atom. The van der Waals surface area contributed by atoms with Crippen LogP contribution in [0.1, 0.15) is 21.1 Å². The zero-order chi connectivity index (χ0) is 12.4. The molecule has 2 aromatic rings. The van der Waals surface area contributed by atoms with Crippen LogP contribution < -0.4 is 5.32 Å². The number of nitrogens with zero attached hydrogens (tertiary/aromatic N) is 1. The lowest BCUT2D eigenvalue weighted by atomic mass is 10.2. The van der Waals surface area contributed by atoms with Gasteiger partial charge in [0.15, 0.2) is 0 Å². The van der Waals surface area contributed by atoms with Crippen molar-refractivity contribution >= 4 is 33.0 Å². The Kier molecular flexibility index (Phi) is 3.84. The van der Waals surface area contributed by atoms with E-state index in [9.17, 15) is 0 Å². The van der Waals surface area contributed by atoms with Crippen molar-refractivity contribution in [2.75, 3.05) is 5.32 Å². The van der Waals surface area contributed by atoms with Crippen LogP contribution in [-0.2, 0) is 6.54 Å². The van der Waals surface area contributed by atoms with Gasteiger partial charge in [0.1, 0.15) is 0 Å². The van der Waals surface area contributed by atoms with Gasteiger partial charge < -0.3 is 5.32 Å². The Morgan fingerprint density at radius 2 is 2.06 bits per heavy atom. The highest BCUT2D eigenvalue weighted by Gasteiger charge is 2.05.